The molecule has 1 aromatic heterocycles. The number of carbonyl (C=O) groups is 1. The van der Waals surface area contributed by atoms with E-state index in [9.17, 15) is 14.7 Å². The van der Waals surface area contributed by atoms with E-state index in [1.807, 2.05) is 6.07 Å². The van der Waals surface area contributed by atoms with Crippen LogP contribution in [0.5, 0.6) is 0 Å². The van der Waals surface area contributed by atoms with Crippen LogP contribution in [0.2, 0.25) is 0 Å². The molecule has 1 amide bonds. The van der Waals surface area contributed by atoms with Crippen molar-refractivity contribution in [3.8, 4) is 0 Å². The van der Waals surface area contributed by atoms with Crippen molar-refractivity contribution in [3.63, 3.8) is 0 Å². The van der Waals surface area contributed by atoms with Crippen LogP contribution in [0.1, 0.15) is 38.6 Å². The number of rotatable bonds is 6. The zero-order valence-electron chi connectivity index (χ0n) is 19.5. The number of pyridine rings is 1. The number of anilines is 1. The highest BCUT2D eigenvalue weighted by Crippen LogP contribution is 2.25. The van der Waals surface area contributed by atoms with Gasteiger partial charge in [0.15, 0.2) is 5.82 Å². The zero-order chi connectivity index (χ0) is 24.2. The van der Waals surface area contributed by atoms with Crippen LogP contribution in [0.25, 0.3) is 0 Å². The van der Waals surface area contributed by atoms with Crippen molar-refractivity contribution in [2.75, 3.05) is 25.6 Å². The van der Waals surface area contributed by atoms with E-state index in [0.717, 1.165) is 19.3 Å². The van der Waals surface area contributed by atoms with Crippen molar-refractivity contribution in [1.29, 1.82) is 0 Å². The molecular formula is C23H31N7O4. The van der Waals surface area contributed by atoms with E-state index in [2.05, 4.69) is 32.8 Å². The van der Waals surface area contributed by atoms with E-state index >= 15 is 0 Å². The van der Waals surface area contributed by atoms with E-state index in [-0.39, 0.29) is 29.4 Å². The largest absolute Gasteiger partial charge is 0.391 e. The van der Waals surface area contributed by atoms with Crippen LogP contribution in [0.4, 0.5) is 5.69 Å². The van der Waals surface area contributed by atoms with E-state index < -0.39 is 6.10 Å². The van der Waals surface area contributed by atoms with Gasteiger partial charge in [-0.25, -0.2) is 4.99 Å². The first-order chi connectivity index (χ1) is 16.4. The highest BCUT2D eigenvalue weighted by atomic mass is 16.5. The smallest absolute Gasteiger partial charge is 0.274 e. The lowest BCUT2D eigenvalue weighted by atomic mass is 9.89. The van der Waals surface area contributed by atoms with Crippen molar-refractivity contribution >= 4 is 24.1 Å². The van der Waals surface area contributed by atoms with E-state index in [4.69, 9.17) is 4.74 Å². The van der Waals surface area contributed by atoms with Gasteiger partial charge in [0.05, 0.1) is 17.7 Å². The molecule has 0 radical (unpaired) electrons. The number of aliphatic hydroxyl groups excluding tert-OH is 1. The summed E-state index contributed by atoms with van der Waals surface area (Å²) in [6.07, 6.45) is 5.90. The summed E-state index contributed by atoms with van der Waals surface area (Å²) in [6, 6.07) is 3.34. The lowest BCUT2D eigenvalue weighted by molar-refractivity contribution is -0.120. The van der Waals surface area contributed by atoms with Crippen molar-refractivity contribution in [2.24, 2.45) is 10.1 Å². The lowest BCUT2D eigenvalue weighted by Crippen LogP contribution is -2.50. The fraction of sp³-hybridized carbons (Fsp3) is 0.478. The second-order valence-electron chi connectivity index (χ2n) is 8.51. The fourth-order valence-corrected chi connectivity index (χ4v) is 4.15. The molecule has 3 aliphatic rings. The number of nitrogens with one attached hydrogen (secondary N) is 3. The molecule has 11 heteroatoms. The number of hydrogen-bond acceptors (Lipinski definition) is 9. The predicted octanol–water partition coefficient (Wildman–Crippen LogP) is 0.873. The highest BCUT2D eigenvalue weighted by molar-refractivity contribution is 6.06. The molecule has 182 valence electrons. The van der Waals surface area contributed by atoms with Gasteiger partial charge in [-0.3, -0.25) is 9.59 Å². The minimum atomic E-state index is -0.536. The Morgan fingerprint density at radius 1 is 1.29 bits per heavy atom. The predicted molar refractivity (Wildman–Crippen MR) is 129 cm³/mol. The summed E-state index contributed by atoms with van der Waals surface area (Å²) in [6.45, 7) is 6.50. The third-order valence-corrected chi connectivity index (χ3v) is 6.38. The molecule has 2 aliphatic heterocycles. The monoisotopic (exact) mass is 469 g/mol. The van der Waals surface area contributed by atoms with E-state index in [1.165, 1.54) is 5.01 Å². The van der Waals surface area contributed by atoms with Crippen molar-refractivity contribution in [3.05, 3.63) is 52.0 Å². The van der Waals surface area contributed by atoms with Gasteiger partial charge >= 0.3 is 0 Å². The van der Waals surface area contributed by atoms with Gasteiger partial charge in [-0.2, -0.15) is 10.1 Å². The maximum Gasteiger partial charge on any atom is 0.274 e. The molecule has 1 aliphatic carbocycles. The van der Waals surface area contributed by atoms with Gasteiger partial charge in [-0.1, -0.05) is 0 Å². The van der Waals surface area contributed by atoms with Crippen LogP contribution in [0.15, 0.2) is 56.5 Å². The molecule has 4 N–H and O–H groups in total. The standard InChI is InChI=1S/C23H31N7O4/c1-14(22(32)27-16-6-7-18(16)31)21-28-19(13-20(24-2)30(21)25-3)26-17-5-4-10-29(23(17)33)15-8-11-34-12-9-15/h4-5,10,13,15-16,18,24,31H,3,6-9,11-12H2,1-2H3,(H,26,28)(H,27,32)/b21-14+/t16-,18+/m0/s1. The van der Waals surface area contributed by atoms with Crippen LogP contribution >= 0.6 is 0 Å². The number of hydrogen-bond donors (Lipinski definition) is 4. The number of nitrogens with zero attached hydrogens (tertiary/aromatic N) is 4. The second-order valence-corrected chi connectivity index (χ2v) is 8.51. The van der Waals surface area contributed by atoms with Gasteiger partial charge in [0.1, 0.15) is 17.3 Å². The molecule has 0 spiro atoms. The van der Waals surface area contributed by atoms with Gasteiger partial charge in [0.2, 0.25) is 0 Å². The molecule has 1 aromatic rings. The Morgan fingerprint density at radius 3 is 2.68 bits per heavy atom. The van der Waals surface area contributed by atoms with Gasteiger partial charge in [-0.05, 0) is 44.7 Å². The Hall–Kier alpha value is -3.44. The van der Waals surface area contributed by atoms with Crippen LogP contribution in [-0.2, 0) is 9.53 Å². The maximum absolute atomic E-state index is 13.2. The maximum atomic E-state index is 13.2. The molecule has 4 rings (SSSR count). The molecule has 34 heavy (non-hydrogen) atoms. The molecule has 11 nitrogen and oxygen atoms in total. The molecular weight excluding hydrogens is 438 g/mol. The topological polar surface area (TPSA) is 133 Å². The number of aliphatic hydroxyl groups is 1. The van der Waals surface area contributed by atoms with Gasteiger partial charge < -0.3 is 30.4 Å². The van der Waals surface area contributed by atoms with Crippen LogP contribution in [0, 0.1) is 0 Å². The Bertz CT molecular complexity index is 1100. The van der Waals surface area contributed by atoms with Gasteiger partial charge in [0, 0.05) is 45.3 Å². The molecule has 0 unspecified atom stereocenters. The number of amidine groups is 1. The third kappa shape index (κ3) is 4.75. The molecule has 1 saturated carbocycles. The number of carbonyl (C=O) groups excluding carboxylic acids is 1. The first-order valence-corrected chi connectivity index (χ1v) is 11.4. The first kappa shape index (κ1) is 23.7. The Kier molecular flexibility index (Phi) is 7.13. The van der Waals surface area contributed by atoms with Crippen molar-refractivity contribution in [2.45, 2.75) is 50.8 Å². The fourth-order valence-electron chi connectivity index (χ4n) is 4.15. The van der Waals surface area contributed by atoms with E-state index in [1.54, 1.807) is 36.9 Å². The Labute approximate surface area is 197 Å². The summed E-state index contributed by atoms with van der Waals surface area (Å²) >= 11 is 0. The summed E-state index contributed by atoms with van der Waals surface area (Å²) in [5, 5.41) is 24.2. The molecule has 2 fully saturated rings. The SMILES string of the molecule is C=NN1C(NC)=CC(Nc2cccn(C3CCOCC3)c2=O)=N/C1=C(/C)C(=O)N[C@H]1CC[C@H]1O. The number of aromatic nitrogens is 1. The highest BCUT2D eigenvalue weighted by Gasteiger charge is 2.32. The molecule has 0 aromatic carbocycles. The average molecular weight is 470 g/mol. The van der Waals surface area contributed by atoms with Crippen LogP contribution in [0.3, 0.4) is 0 Å². The molecule has 1 saturated heterocycles. The number of ether oxygens (including phenoxy) is 1. The van der Waals surface area contributed by atoms with Crippen molar-refractivity contribution < 1.29 is 14.6 Å². The van der Waals surface area contributed by atoms with E-state index in [0.29, 0.717) is 42.6 Å². The minimum Gasteiger partial charge on any atom is -0.391 e. The average Bonchev–Trinajstić information content (AvgIpc) is 2.86. The van der Waals surface area contributed by atoms with Crippen molar-refractivity contribution in [1.82, 2.24) is 20.2 Å². The quantitative estimate of drug-likeness (QED) is 0.359. The lowest BCUT2D eigenvalue weighted by Gasteiger charge is -2.33. The Balaban J connectivity index is 1.63. The molecule has 0 bridgehead atoms. The zero-order valence-corrected chi connectivity index (χ0v) is 19.5. The van der Waals surface area contributed by atoms with Gasteiger partial charge in [0.25, 0.3) is 11.5 Å². The number of aliphatic imine (C=N–C) groups is 1. The summed E-state index contributed by atoms with van der Waals surface area (Å²) in [4.78, 5) is 30.6. The minimum absolute atomic E-state index is 0.0865. The summed E-state index contributed by atoms with van der Waals surface area (Å²) in [5.74, 6) is 0.807. The summed E-state index contributed by atoms with van der Waals surface area (Å²) in [7, 11) is 1.71. The molecule has 3 heterocycles. The first-order valence-electron chi connectivity index (χ1n) is 11.4. The van der Waals surface area contributed by atoms with Gasteiger partial charge in [-0.15, -0.1) is 0 Å². The normalized spacial score (nSPS) is 24.4. The molecule has 2 atom stereocenters. The van der Waals surface area contributed by atoms with Crippen LogP contribution in [-0.4, -0.2) is 65.6 Å². The summed E-state index contributed by atoms with van der Waals surface area (Å²) in [5.41, 5.74) is 0.526. The second kappa shape index (κ2) is 10.2. The number of hydrazone groups is 1. The third-order valence-electron chi connectivity index (χ3n) is 6.38. The number of amides is 1. The Morgan fingerprint density at radius 2 is 2.06 bits per heavy atom. The summed E-state index contributed by atoms with van der Waals surface area (Å²) < 4.78 is 7.15. The van der Waals surface area contributed by atoms with Crippen LogP contribution < -0.4 is 21.5 Å².